The van der Waals surface area contributed by atoms with Crippen LogP contribution >= 0.6 is 0 Å². The Bertz CT molecular complexity index is 72.1. The molecule has 0 rings (SSSR count). The fourth-order valence-corrected chi connectivity index (χ4v) is 0.192. The molecule has 0 fully saturated rings. The van der Waals surface area contributed by atoms with Gasteiger partial charge in [-0.15, -0.1) is 0 Å². The van der Waals surface area contributed by atoms with E-state index in [1.54, 1.807) is 13.2 Å². The van der Waals surface area contributed by atoms with Crippen molar-refractivity contribution in [3.05, 3.63) is 12.7 Å². The Balaban J connectivity index is 2.92. The normalized spacial score (nSPS) is 8.14. The summed E-state index contributed by atoms with van der Waals surface area (Å²) >= 11 is 0. The van der Waals surface area contributed by atoms with Crippen LogP contribution in [0.5, 0.6) is 0 Å². The van der Waals surface area contributed by atoms with Crippen LogP contribution in [0.1, 0.15) is 0 Å². The number of rotatable bonds is 3. The van der Waals surface area contributed by atoms with Crippen LogP contribution in [0.25, 0.3) is 0 Å². The molecule has 0 aliphatic heterocycles. The van der Waals surface area contributed by atoms with E-state index in [9.17, 15) is 0 Å². The van der Waals surface area contributed by atoms with Gasteiger partial charge in [0.2, 0.25) is 0 Å². The molecule has 0 saturated carbocycles. The van der Waals surface area contributed by atoms with Gasteiger partial charge in [0.1, 0.15) is 0 Å². The van der Waals surface area contributed by atoms with Crippen LogP contribution in [0, 0.1) is 0 Å². The molecule has 0 radical (unpaired) electrons. The van der Waals surface area contributed by atoms with Crippen molar-refractivity contribution in [3.8, 4) is 0 Å². The van der Waals surface area contributed by atoms with E-state index in [2.05, 4.69) is 16.1 Å². The molecular formula is C4H8BNO. The molecule has 0 unspecified atom stereocenters. The van der Waals surface area contributed by atoms with Gasteiger partial charge in [-0.2, -0.15) is 0 Å². The second kappa shape index (κ2) is 5.40. The molecule has 0 heterocycles. The number of hydrogen-bond donors (Lipinski definition) is 0. The van der Waals surface area contributed by atoms with Crippen LogP contribution in [0.4, 0.5) is 0 Å². The molecule has 0 aromatic heterocycles. The van der Waals surface area contributed by atoms with E-state index in [1.165, 1.54) is 7.27 Å². The molecule has 0 aromatic rings. The van der Waals surface area contributed by atoms with Crippen molar-refractivity contribution in [1.82, 2.24) is 0 Å². The summed E-state index contributed by atoms with van der Waals surface area (Å²) in [7, 11) is 2.95. The van der Waals surface area contributed by atoms with E-state index in [0.717, 1.165) is 0 Å². The standard InChI is InChI=1S/C4H8BNO/c1-3-4-6-5-7-2/h3H,1,4H2,2H3. The monoisotopic (exact) mass is 97.1 g/mol. The molecule has 0 aliphatic carbocycles. The Labute approximate surface area is 44.2 Å². The van der Waals surface area contributed by atoms with Crippen molar-refractivity contribution in [1.29, 1.82) is 0 Å². The first-order chi connectivity index (χ1) is 3.41. The first-order valence-electron chi connectivity index (χ1n) is 2.03. The van der Waals surface area contributed by atoms with Crippen molar-refractivity contribution in [2.24, 2.45) is 4.90 Å². The summed E-state index contributed by atoms with van der Waals surface area (Å²) in [6, 6.07) is 0. The van der Waals surface area contributed by atoms with Crippen molar-refractivity contribution >= 4 is 7.27 Å². The van der Waals surface area contributed by atoms with Crippen LogP contribution < -0.4 is 0 Å². The molecule has 0 saturated heterocycles. The third-order valence-electron chi connectivity index (χ3n) is 0.414. The molecule has 38 valence electrons. The first-order valence-corrected chi connectivity index (χ1v) is 2.03. The molecule has 0 spiro atoms. The summed E-state index contributed by atoms with van der Waals surface area (Å²) in [5, 5.41) is 0. The Morgan fingerprint density at radius 2 is 2.71 bits per heavy atom. The Morgan fingerprint density at radius 3 is 3.14 bits per heavy atom. The van der Waals surface area contributed by atoms with Crippen LogP contribution in [-0.4, -0.2) is 20.9 Å². The van der Waals surface area contributed by atoms with E-state index in [4.69, 9.17) is 0 Å². The molecular weight excluding hydrogens is 88.9 g/mol. The van der Waals surface area contributed by atoms with Gasteiger partial charge >= 0.3 is 43.1 Å². The second-order valence-corrected chi connectivity index (χ2v) is 0.995. The maximum absolute atomic E-state index is 4.50. The fourth-order valence-electron chi connectivity index (χ4n) is 0.192. The molecule has 0 bridgehead atoms. The van der Waals surface area contributed by atoms with Gasteiger partial charge in [-0.1, -0.05) is 0 Å². The van der Waals surface area contributed by atoms with Gasteiger partial charge in [-0.25, -0.2) is 0 Å². The Hall–Kier alpha value is -0.595. The van der Waals surface area contributed by atoms with Gasteiger partial charge in [0.25, 0.3) is 0 Å². The third-order valence-corrected chi connectivity index (χ3v) is 0.414. The molecule has 0 aliphatic rings. The number of hydrogen-bond acceptors (Lipinski definition) is 2. The van der Waals surface area contributed by atoms with E-state index in [1.807, 2.05) is 0 Å². The fraction of sp³-hybridized carbons (Fsp3) is 0.500. The molecule has 0 atom stereocenters. The SMILES string of the molecule is C=CCN=BOC. The van der Waals surface area contributed by atoms with E-state index < -0.39 is 0 Å². The molecule has 0 aromatic carbocycles. The van der Waals surface area contributed by atoms with E-state index in [0.29, 0.717) is 6.54 Å². The average Bonchev–Trinajstić information content (AvgIpc) is 1.69. The van der Waals surface area contributed by atoms with Crippen molar-refractivity contribution in [2.75, 3.05) is 13.7 Å². The van der Waals surface area contributed by atoms with Gasteiger partial charge in [-0.05, 0) is 0 Å². The van der Waals surface area contributed by atoms with Gasteiger partial charge in [0.15, 0.2) is 0 Å². The summed E-state index contributed by atoms with van der Waals surface area (Å²) in [6.07, 6.45) is 1.70. The molecule has 2 nitrogen and oxygen atoms in total. The Morgan fingerprint density at radius 1 is 2.00 bits per heavy atom. The minimum atomic E-state index is 0.633. The zero-order chi connectivity index (χ0) is 5.54. The van der Waals surface area contributed by atoms with Crippen LogP contribution in [-0.2, 0) is 4.65 Å². The van der Waals surface area contributed by atoms with Crippen LogP contribution in [0.3, 0.4) is 0 Å². The molecule has 3 heteroatoms. The molecule has 0 N–H and O–H groups in total. The summed E-state index contributed by atoms with van der Waals surface area (Å²) < 4.78 is 4.50. The quantitative estimate of drug-likeness (QED) is 0.373. The van der Waals surface area contributed by atoms with Crippen LogP contribution in [0.2, 0.25) is 0 Å². The van der Waals surface area contributed by atoms with Gasteiger partial charge < -0.3 is 0 Å². The van der Waals surface area contributed by atoms with E-state index in [-0.39, 0.29) is 0 Å². The maximum atomic E-state index is 4.50. The van der Waals surface area contributed by atoms with Crippen LogP contribution in [0.15, 0.2) is 17.6 Å². The van der Waals surface area contributed by atoms with Crippen molar-refractivity contribution < 1.29 is 4.65 Å². The first kappa shape index (κ1) is 6.40. The van der Waals surface area contributed by atoms with Gasteiger partial charge in [-0.3, -0.25) is 0 Å². The summed E-state index contributed by atoms with van der Waals surface area (Å²) in [6.45, 7) is 4.10. The zero-order valence-electron chi connectivity index (χ0n) is 4.42. The van der Waals surface area contributed by atoms with Gasteiger partial charge in [0, 0.05) is 0 Å². The second-order valence-electron chi connectivity index (χ2n) is 0.995. The summed E-state index contributed by atoms with van der Waals surface area (Å²) in [5.41, 5.74) is 0. The average molecular weight is 96.9 g/mol. The predicted molar refractivity (Wildman–Crippen MR) is 30.3 cm³/mol. The number of nitrogens with zero attached hydrogens (tertiary/aromatic N) is 1. The topological polar surface area (TPSA) is 21.6 Å². The van der Waals surface area contributed by atoms with Gasteiger partial charge in [0.05, 0.1) is 0 Å². The van der Waals surface area contributed by atoms with E-state index >= 15 is 0 Å². The Kier molecular flexibility index (Phi) is 4.95. The minimum absolute atomic E-state index is 0.633. The van der Waals surface area contributed by atoms with Crippen molar-refractivity contribution in [3.63, 3.8) is 0 Å². The zero-order valence-corrected chi connectivity index (χ0v) is 4.42. The third kappa shape index (κ3) is 5.40. The molecule has 7 heavy (non-hydrogen) atoms. The van der Waals surface area contributed by atoms with Crippen molar-refractivity contribution in [2.45, 2.75) is 0 Å². The molecule has 0 amide bonds. The summed E-state index contributed by atoms with van der Waals surface area (Å²) in [5.74, 6) is 0. The summed E-state index contributed by atoms with van der Waals surface area (Å²) in [4.78, 5) is 3.74. The predicted octanol–water partition coefficient (Wildman–Crippen LogP) is 0.622.